The molecule has 4 aromatic heterocycles. The molecular weight excluding hydrogens is 1740 g/mol. The van der Waals surface area contributed by atoms with Crippen molar-refractivity contribution in [3.05, 3.63) is 488 Å². The summed E-state index contributed by atoms with van der Waals surface area (Å²) in [5.41, 5.74) is 39.5. The Morgan fingerprint density at radius 2 is 0.577 bits per heavy atom. The van der Waals surface area contributed by atoms with E-state index in [0.29, 0.717) is 11.0 Å². The zero-order valence-electron chi connectivity index (χ0n) is 75.3. The minimum Gasteiger partial charge on any atom is -0.456 e. The highest BCUT2D eigenvalue weighted by Gasteiger charge is 2.41. The number of furan rings is 2. The van der Waals surface area contributed by atoms with Crippen LogP contribution in [0, 0.1) is 0 Å². The van der Waals surface area contributed by atoms with Gasteiger partial charge < -0.3 is 37.8 Å². The van der Waals surface area contributed by atoms with Gasteiger partial charge in [0.15, 0.2) is 0 Å². The summed E-state index contributed by atoms with van der Waals surface area (Å²) in [5, 5.41) is 28.5. The number of para-hydroxylation sites is 4. The molecule has 2 N–H and O–H groups in total. The molecule has 20 aromatic carbocycles. The molecule has 0 saturated carbocycles. The standard InChI is InChI=1S/C63H44N2O.C33H26BrN.C30H20BNO3.CH4/c1-63(2)55-23-11-9-19-50(55)52-22-13-25-58(62(52)63)64(47-33-27-42(28-34-47)41-15-5-3-6-16-41)48-35-29-43(30-36-48)49-21-14-26-60-61(49)54-40-45(32-38-59(54)66-60)44-31-37-57-53(39-44)51-20-10-12-24-56(51)65(57)46-17-7-4-8-18-46;1-33(2)30-13-7-6-11-28(30)29-12-8-14-31(32(29)33)35(27-21-17-25(34)18-22-27)26-19-15-24(16-20-26)23-9-4-3-5-10-23;33-31(34)25-10-6-12-29-30(25)24-18-20(14-16-28(24)35-29)19-13-15-27-23(17-19)22-9-4-5-11-26(22)32(27)21-7-2-1-3-8-21;/h3-40H,1-2H3;3-22H,1-2H3;1-18,33-34H;1H4. The molecule has 2 aliphatic carbocycles. The molecule has 0 fully saturated rings. The minimum absolute atomic E-state index is 0. The number of aromatic nitrogens is 2. The van der Waals surface area contributed by atoms with Crippen LogP contribution in [-0.2, 0) is 10.8 Å². The summed E-state index contributed by atoms with van der Waals surface area (Å²) >= 11 is 3.61. The Bertz CT molecular complexity index is 8750. The molecule has 0 atom stereocenters. The van der Waals surface area contributed by atoms with Crippen LogP contribution in [0.4, 0.5) is 34.1 Å². The molecule has 656 valence electrons. The largest absolute Gasteiger partial charge is 0.489 e. The zero-order chi connectivity index (χ0) is 91.4. The van der Waals surface area contributed by atoms with E-state index >= 15 is 0 Å². The lowest BCUT2D eigenvalue weighted by Gasteiger charge is -2.32. The highest BCUT2D eigenvalue weighted by atomic mass is 79.9. The van der Waals surface area contributed by atoms with E-state index < -0.39 is 7.12 Å². The third kappa shape index (κ3) is 14.7. The minimum atomic E-state index is -1.57. The number of anilines is 6. The quantitative estimate of drug-likeness (QED) is 0.106. The van der Waals surface area contributed by atoms with E-state index in [0.717, 1.165) is 110 Å². The van der Waals surface area contributed by atoms with E-state index in [-0.39, 0.29) is 18.3 Å². The van der Waals surface area contributed by atoms with Crippen molar-refractivity contribution in [3.8, 4) is 89.3 Å². The number of hydrogen-bond acceptors (Lipinski definition) is 6. The van der Waals surface area contributed by atoms with Crippen LogP contribution in [-0.4, -0.2) is 26.3 Å². The Hall–Kier alpha value is -16.3. The van der Waals surface area contributed by atoms with Crippen molar-refractivity contribution in [1.29, 1.82) is 0 Å². The number of benzene rings is 20. The number of halogens is 1. The molecule has 26 rings (SSSR count). The first-order valence-corrected chi connectivity index (χ1v) is 47.2. The summed E-state index contributed by atoms with van der Waals surface area (Å²) in [5.74, 6) is 0. The average Bonchev–Trinajstić information content (AvgIpc) is 1.58. The fourth-order valence-electron chi connectivity index (χ4n) is 21.6. The maximum absolute atomic E-state index is 9.91. The second-order valence-electron chi connectivity index (χ2n) is 36.5. The first-order chi connectivity index (χ1) is 66.7. The van der Waals surface area contributed by atoms with Gasteiger partial charge in [0.05, 0.1) is 33.4 Å². The van der Waals surface area contributed by atoms with E-state index in [4.69, 9.17) is 8.83 Å². The molecule has 0 radical (unpaired) electrons. The van der Waals surface area contributed by atoms with Crippen LogP contribution >= 0.6 is 15.9 Å². The Morgan fingerprint density at radius 1 is 0.255 bits per heavy atom. The van der Waals surface area contributed by atoms with Gasteiger partial charge in [-0.25, -0.2) is 0 Å². The molecule has 24 aromatic rings. The van der Waals surface area contributed by atoms with E-state index in [1.165, 1.54) is 122 Å². The first kappa shape index (κ1) is 84.9. The predicted molar refractivity (Wildman–Crippen MR) is 578 cm³/mol. The normalized spacial score (nSPS) is 12.5. The lowest BCUT2D eigenvalue weighted by Crippen LogP contribution is -2.30. The van der Waals surface area contributed by atoms with E-state index in [9.17, 15) is 10.0 Å². The summed E-state index contributed by atoms with van der Waals surface area (Å²) in [6.45, 7) is 9.43. The van der Waals surface area contributed by atoms with Gasteiger partial charge in [0.1, 0.15) is 22.3 Å². The lowest BCUT2D eigenvalue weighted by molar-refractivity contribution is 0.426. The average molecular weight is 1830 g/mol. The van der Waals surface area contributed by atoms with E-state index in [1.54, 1.807) is 12.1 Å². The summed E-state index contributed by atoms with van der Waals surface area (Å²) in [6.07, 6.45) is 0. The second kappa shape index (κ2) is 34.6. The molecule has 10 heteroatoms. The molecule has 8 nitrogen and oxygen atoms in total. The second-order valence-corrected chi connectivity index (χ2v) is 37.4. The van der Waals surface area contributed by atoms with Crippen molar-refractivity contribution in [2.75, 3.05) is 9.80 Å². The number of fused-ring (bicyclic) bond motifs is 18. The van der Waals surface area contributed by atoms with Crippen LogP contribution in [0.25, 0.3) is 177 Å². The van der Waals surface area contributed by atoms with Gasteiger partial charge in [0, 0.05) is 92.5 Å². The van der Waals surface area contributed by atoms with Gasteiger partial charge in [-0.15, -0.1) is 0 Å². The Balaban J connectivity index is 0.000000125. The summed E-state index contributed by atoms with van der Waals surface area (Å²) in [7, 11) is -1.57. The van der Waals surface area contributed by atoms with Crippen molar-refractivity contribution in [2.24, 2.45) is 0 Å². The fraction of sp³-hybridized carbons (Fsp3) is 0.0551. The van der Waals surface area contributed by atoms with Crippen LogP contribution < -0.4 is 15.3 Å². The predicted octanol–water partition coefficient (Wildman–Crippen LogP) is 34.0. The Labute approximate surface area is 805 Å². The van der Waals surface area contributed by atoms with Crippen molar-refractivity contribution in [2.45, 2.75) is 46.0 Å². The van der Waals surface area contributed by atoms with Gasteiger partial charge in [-0.1, -0.05) is 342 Å². The molecule has 137 heavy (non-hydrogen) atoms. The van der Waals surface area contributed by atoms with Crippen molar-refractivity contribution < 1.29 is 18.9 Å². The smallest absolute Gasteiger partial charge is 0.456 e. The molecule has 0 amide bonds. The first-order valence-electron chi connectivity index (χ1n) is 46.4. The molecule has 0 spiro atoms. The molecule has 2 aliphatic rings. The van der Waals surface area contributed by atoms with Gasteiger partial charge >= 0.3 is 7.12 Å². The van der Waals surface area contributed by atoms with Crippen LogP contribution in [0.3, 0.4) is 0 Å². The number of hydrogen-bond donors (Lipinski definition) is 2. The third-order valence-electron chi connectivity index (χ3n) is 27.9. The number of rotatable bonds is 14. The van der Waals surface area contributed by atoms with E-state index in [1.807, 2.05) is 18.2 Å². The van der Waals surface area contributed by atoms with Crippen LogP contribution in [0.1, 0.15) is 57.4 Å². The van der Waals surface area contributed by atoms with Gasteiger partial charge in [-0.05, 0) is 275 Å². The summed E-state index contributed by atoms with van der Waals surface area (Å²) in [6, 6.07) is 164. The molecule has 0 saturated heterocycles. The van der Waals surface area contributed by atoms with E-state index in [2.05, 4.69) is 493 Å². The topological polar surface area (TPSA) is 83.1 Å². The molecule has 0 bridgehead atoms. The molecule has 4 heterocycles. The molecular formula is C127H94BBrN4O4. The van der Waals surface area contributed by atoms with Crippen molar-refractivity contribution in [1.82, 2.24) is 9.13 Å². The Kier molecular flexibility index (Phi) is 21.4. The van der Waals surface area contributed by atoms with Gasteiger partial charge in [0.2, 0.25) is 0 Å². The number of nitrogens with zero attached hydrogens (tertiary/aromatic N) is 4. The molecule has 0 aliphatic heterocycles. The van der Waals surface area contributed by atoms with Gasteiger partial charge in [-0.2, -0.15) is 0 Å². The third-order valence-corrected chi connectivity index (χ3v) is 28.5. The van der Waals surface area contributed by atoms with Gasteiger partial charge in [0.25, 0.3) is 0 Å². The van der Waals surface area contributed by atoms with Crippen LogP contribution in [0.2, 0.25) is 0 Å². The monoisotopic (exact) mass is 1830 g/mol. The zero-order valence-corrected chi connectivity index (χ0v) is 76.9. The highest BCUT2D eigenvalue weighted by Crippen LogP contribution is 2.57. The van der Waals surface area contributed by atoms with Crippen LogP contribution in [0.15, 0.2) is 474 Å². The van der Waals surface area contributed by atoms with Crippen molar-refractivity contribution in [3.63, 3.8) is 0 Å². The highest BCUT2D eigenvalue weighted by molar-refractivity contribution is 9.10. The fourth-order valence-corrected chi connectivity index (χ4v) is 21.9. The summed E-state index contributed by atoms with van der Waals surface area (Å²) in [4.78, 5) is 4.84. The SMILES string of the molecule is C.CC1(C)c2ccccc2-c2cccc(N(c3ccc(-c4ccccc4)cc3)c3ccc(-c4cccc5oc6ccc(-c7ccc8c(c7)c7ccccc7n8-c7ccccc7)cc6c45)cc3)c21.CC1(C)c2ccccc2-c2cccc(N(c3ccc(Br)cc3)c3ccc(-c4ccccc4)cc3)c21.OB(O)c1cccc2oc3ccc(-c4ccc5c(c4)c4ccccc4n5-c4ccccc4)cc3c12. The lowest BCUT2D eigenvalue weighted by atomic mass is 9.77. The van der Waals surface area contributed by atoms with Crippen molar-refractivity contribution >= 4 is 150 Å². The van der Waals surface area contributed by atoms with Gasteiger partial charge in [-0.3, -0.25) is 0 Å². The molecule has 0 unspecified atom stereocenters. The maximum Gasteiger partial charge on any atom is 0.489 e. The van der Waals surface area contributed by atoms with Crippen LogP contribution in [0.5, 0.6) is 0 Å². The summed E-state index contributed by atoms with van der Waals surface area (Å²) < 4.78 is 18.3. The Morgan fingerprint density at radius 3 is 1.02 bits per heavy atom. The maximum atomic E-state index is 9.91.